The molecule has 5 N–H and O–H groups in total. The minimum atomic E-state index is -1.43. The van der Waals surface area contributed by atoms with Crippen molar-refractivity contribution >= 4 is 0 Å². The third-order valence-corrected chi connectivity index (χ3v) is 4.34. The van der Waals surface area contributed by atoms with Crippen LogP contribution in [0.5, 0.6) is 0 Å². The van der Waals surface area contributed by atoms with Crippen LogP contribution in [0.15, 0.2) is 0 Å². The first kappa shape index (κ1) is 19.9. The van der Waals surface area contributed by atoms with Gasteiger partial charge in [-0.25, -0.2) is 0 Å². The molecule has 2 saturated heterocycles. The van der Waals surface area contributed by atoms with Gasteiger partial charge in [0.05, 0.1) is 19.3 Å². The van der Waals surface area contributed by atoms with Crippen LogP contribution in [0, 0.1) is 0 Å². The summed E-state index contributed by atoms with van der Waals surface area (Å²) in [4.78, 5) is 0. The van der Waals surface area contributed by atoms with Gasteiger partial charge in [-0.05, 0) is 0 Å². The van der Waals surface area contributed by atoms with Gasteiger partial charge in [-0.1, -0.05) is 0 Å². The molecule has 10 heteroatoms. The second kappa shape index (κ2) is 8.81. The van der Waals surface area contributed by atoms with Crippen molar-refractivity contribution in [2.24, 2.45) is 0 Å². The summed E-state index contributed by atoms with van der Waals surface area (Å²) >= 11 is 0. The van der Waals surface area contributed by atoms with Crippen LogP contribution in [-0.4, -0.2) is 108 Å². The molecular weight excluding hydrogens is 328 g/mol. The molecule has 24 heavy (non-hydrogen) atoms. The first-order valence-corrected chi connectivity index (χ1v) is 7.74. The minimum Gasteiger partial charge on any atom is -0.394 e. The average molecular weight is 354 g/mol. The third kappa shape index (κ3) is 4.05. The van der Waals surface area contributed by atoms with E-state index in [2.05, 4.69) is 0 Å². The van der Waals surface area contributed by atoms with Crippen molar-refractivity contribution in [3.8, 4) is 0 Å². The summed E-state index contributed by atoms with van der Waals surface area (Å²) in [5.74, 6) is 0. The lowest BCUT2D eigenvalue weighted by Crippen LogP contribution is -2.62. The van der Waals surface area contributed by atoms with E-state index in [9.17, 15) is 25.5 Å². The standard InChI is InChI=1S/C14H26O10/c1-20-7-3-6(17)13(22-8(7)4-15)24-12-9(5-16)23-14(21-2)11(19)10(12)18/h6-19H,3-5H2,1-2H3. The van der Waals surface area contributed by atoms with Crippen molar-refractivity contribution in [3.05, 3.63) is 0 Å². The Hall–Kier alpha value is -0.400. The fraction of sp³-hybridized carbons (Fsp3) is 1.00. The van der Waals surface area contributed by atoms with Crippen molar-refractivity contribution in [2.75, 3.05) is 27.4 Å². The summed E-state index contributed by atoms with van der Waals surface area (Å²) in [5.41, 5.74) is 0. The summed E-state index contributed by atoms with van der Waals surface area (Å²) in [6.07, 6.45) is -9.41. The predicted octanol–water partition coefficient (Wildman–Crippen LogP) is -3.06. The van der Waals surface area contributed by atoms with Crippen molar-refractivity contribution in [2.45, 2.75) is 61.7 Å². The summed E-state index contributed by atoms with van der Waals surface area (Å²) in [5, 5.41) is 49.1. The number of aliphatic hydroxyl groups excluding tert-OH is 5. The Morgan fingerprint density at radius 3 is 2.04 bits per heavy atom. The Morgan fingerprint density at radius 2 is 1.50 bits per heavy atom. The lowest BCUT2D eigenvalue weighted by Gasteiger charge is -2.45. The fourth-order valence-corrected chi connectivity index (χ4v) is 2.95. The van der Waals surface area contributed by atoms with Crippen LogP contribution < -0.4 is 0 Å². The van der Waals surface area contributed by atoms with Crippen molar-refractivity contribution < 1.29 is 49.2 Å². The van der Waals surface area contributed by atoms with Gasteiger partial charge in [0.1, 0.15) is 36.6 Å². The summed E-state index contributed by atoms with van der Waals surface area (Å²) in [6, 6.07) is 0. The number of methoxy groups -OCH3 is 2. The Kier molecular flexibility index (Phi) is 7.31. The molecule has 0 aromatic carbocycles. The Labute approximate surface area is 139 Å². The van der Waals surface area contributed by atoms with E-state index < -0.39 is 61.9 Å². The van der Waals surface area contributed by atoms with E-state index in [1.165, 1.54) is 14.2 Å². The van der Waals surface area contributed by atoms with E-state index in [1.807, 2.05) is 0 Å². The third-order valence-electron chi connectivity index (χ3n) is 4.34. The second-order valence-electron chi connectivity index (χ2n) is 5.85. The van der Waals surface area contributed by atoms with Crippen LogP contribution in [0.3, 0.4) is 0 Å². The van der Waals surface area contributed by atoms with E-state index in [1.54, 1.807) is 0 Å². The molecule has 2 fully saturated rings. The summed E-state index contributed by atoms with van der Waals surface area (Å²) in [7, 11) is 2.73. The maximum Gasteiger partial charge on any atom is 0.186 e. The van der Waals surface area contributed by atoms with Gasteiger partial charge in [-0.15, -0.1) is 0 Å². The van der Waals surface area contributed by atoms with Crippen LogP contribution in [0.4, 0.5) is 0 Å². The lowest BCUT2D eigenvalue weighted by atomic mass is 9.98. The highest BCUT2D eigenvalue weighted by molar-refractivity contribution is 4.92. The van der Waals surface area contributed by atoms with E-state index in [0.29, 0.717) is 0 Å². The minimum absolute atomic E-state index is 0.156. The highest BCUT2D eigenvalue weighted by Gasteiger charge is 2.48. The van der Waals surface area contributed by atoms with Gasteiger partial charge in [0.15, 0.2) is 12.6 Å². The molecule has 0 aromatic heterocycles. The molecule has 0 spiro atoms. The van der Waals surface area contributed by atoms with Gasteiger partial charge in [-0.2, -0.15) is 0 Å². The first-order valence-electron chi connectivity index (χ1n) is 7.74. The molecule has 9 atom stereocenters. The zero-order valence-electron chi connectivity index (χ0n) is 13.6. The van der Waals surface area contributed by atoms with Crippen LogP contribution in [0.2, 0.25) is 0 Å². The number of aliphatic hydroxyl groups is 5. The van der Waals surface area contributed by atoms with E-state index in [-0.39, 0.29) is 13.0 Å². The highest BCUT2D eigenvalue weighted by atomic mass is 16.7. The number of hydrogen-bond acceptors (Lipinski definition) is 10. The SMILES string of the molecule is COC1CC(O)C(OC2C(CO)OC(OC)C(O)C2O)OC1CO. The maximum absolute atomic E-state index is 10.2. The normalized spacial score (nSPS) is 46.9. The number of ether oxygens (including phenoxy) is 5. The van der Waals surface area contributed by atoms with Crippen LogP contribution in [0.1, 0.15) is 6.42 Å². The molecule has 0 radical (unpaired) electrons. The second-order valence-corrected chi connectivity index (χ2v) is 5.85. The van der Waals surface area contributed by atoms with Gasteiger partial charge in [0.2, 0.25) is 0 Å². The molecule has 0 aromatic rings. The summed E-state index contributed by atoms with van der Waals surface area (Å²) < 4.78 is 26.4. The lowest BCUT2D eigenvalue weighted by molar-refractivity contribution is -0.347. The van der Waals surface area contributed by atoms with Crippen LogP contribution in [-0.2, 0) is 23.7 Å². The largest absolute Gasteiger partial charge is 0.394 e. The van der Waals surface area contributed by atoms with E-state index in [0.717, 1.165) is 0 Å². The van der Waals surface area contributed by atoms with Gasteiger partial charge in [0.25, 0.3) is 0 Å². The van der Waals surface area contributed by atoms with Gasteiger partial charge in [0, 0.05) is 20.6 Å². The molecule has 10 nitrogen and oxygen atoms in total. The molecule has 0 bridgehead atoms. The zero-order valence-corrected chi connectivity index (χ0v) is 13.6. The molecule has 2 rings (SSSR count). The predicted molar refractivity (Wildman–Crippen MR) is 76.8 cm³/mol. The average Bonchev–Trinajstić information content (AvgIpc) is 2.60. The van der Waals surface area contributed by atoms with Gasteiger partial charge < -0.3 is 49.2 Å². The van der Waals surface area contributed by atoms with Crippen molar-refractivity contribution in [3.63, 3.8) is 0 Å². The van der Waals surface area contributed by atoms with Gasteiger partial charge in [-0.3, -0.25) is 0 Å². The molecule has 2 aliphatic heterocycles. The zero-order chi connectivity index (χ0) is 17.9. The molecule has 9 unspecified atom stereocenters. The summed E-state index contributed by atoms with van der Waals surface area (Å²) in [6.45, 7) is -0.839. The Morgan fingerprint density at radius 1 is 0.875 bits per heavy atom. The van der Waals surface area contributed by atoms with Crippen LogP contribution >= 0.6 is 0 Å². The van der Waals surface area contributed by atoms with Crippen molar-refractivity contribution in [1.82, 2.24) is 0 Å². The first-order chi connectivity index (χ1) is 11.5. The van der Waals surface area contributed by atoms with Gasteiger partial charge >= 0.3 is 0 Å². The molecule has 2 heterocycles. The number of rotatable bonds is 6. The molecule has 0 aliphatic carbocycles. The molecule has 0 amide bonds. The monoisotopic (exact) mass is 354 g/mol. The molecular formula is C14H26O10. The van der Waals surface area contributed by atoms with Crippen molar-refractivity contribution in [1.29, 1.82) is 0 Å². The Balaban J connectivity index is 2.07. The van der Waals surface area contributed by atoms with E-state index >= 15 is 0 Å². The molecule has 142 valence electrons. The quantitative estimate of drug-likeness (QED) is 0.333. The fourth-order valence-electron chi connectivity index (χ4n) is 2.95. The molecule has 2 aliphatic rings. The van der Waals surface area contributed by atoms with Crippen LogP contribution in [0.25, 0.3) is 0 Å². The Bertz CT molecular complexity index is 381. The highest BCUT2D eigenvalue weighted by Crippen LogP contribution is 2.29. The molecule has 0 saturated carbocycles. The number of hydrogen-bond donors (Lipinski definition) is 5. The smallest absolute Gasteiger partial charge is 0.186 e. The van der Waals surface area contributed by atoms with E-state index in [4.69, 9.17) is 23.7 Å². The maximum atomic E-state index is 10.2. The topological polar surface area (TPSA) is 147 Å².